The van der Waals surface area contributed by atoms with Gasteiger partial charge < -0.3 is 5.11 Å². The van der Waals surface area contributed by atoms with E-state index in [4.69, 9.17) is 0 Å². The van der Waals surface area contributed by atoms with Gasteiger partial charge in [0.05, 0.1) is 6.10 Å². The minimum atomic E-state index is -0.354. The van der Waals surface area contributed by atoms with E-state index < -0.39 is 0 Å². The fraction of sp³-hybridized carbons (Fsp3) is 0.421. The van der Waals surface area contributed by atoms with Crippen molar-refractivity contribution in [1.82, 2.24) is 0 Å². The van der Waals surface area contributed by atoms with Crippen LogP contribution in [-0.2, 0) is 4.79 Å². The number of rotatable bonds is 1. The number of Topliss-reactive ketones (excluding diaryl/α,β-unsaturated/α-hetero) is 1. The van der Waals surface area contributed by atoms with Gasteiger partial charge >= 0.3 is 0 Å². The summed E-state index contributed by atoms with van der Waals surface area (Å²) in [6.45, 7) is 4.03. The lowest BCUT2D eigenvalue weighted by atomic mass is 9.61. The molecule has 0 unspecified atom stereocenters. The van der Waals surface area contributed by atoms with Crippen LogP contribution in [0, 0.1) is 5.41 Å². The summed E-state index contributed by atoms with van der Waals surface area (Å²) in [7, 11) is 0. The number of ketones is 1. The van der Waals surface area contributed by atoms with E-state index in [-0.39, 0.29) is 17.3 Å². The monoisotopic (exact) mass is 360 g/mol. The van der Waals surface area contributed by atoms with Crippen molar-refractivity contribution in [3.05, 3.63) is 51.0 Å². The van der Waals surface area contributed by atoms with Crippen molar-refractivity contribution >= 4 is 27.8 Å². The number of fused-ring (bicyclic) bond motifs is 1. The van der Waals surface area contributed by atoms with Gasteiger partial charge in [0.2, 0.25) is 0 Å². The molecule has 1 N–H and O–H groups in total. The summed E-state index contributed by atoms with van der Waals surface area (Å²) in [5, 5.41) is 10.5. The van der Waals surface area contributed by atoms with E-state index in [2.05, 4.69) is 22.9 Å². The predicted octanol–water partition coefficient (Wildman–Crippen LogP) is 4.67. The first-order valence-corrected chi connectivity index (χ1v) is 8.60. The lowest BCUT2D eigenvalue weighted by Gasteiger charge is -2.45. The van der Waals surface area contributed by atoms with E-state index in [0.717, 1.165) is 40.4 Å². The molecule has 22 heavy (non-hydrogen) atoms. The minimum Gasteiger partial charge on any atom is -0.392 e. The molecule has 0 aromatic heterocycles. The van der Waals surface area contributed by atoms with Gasteiger partial charge in [0.25, 0.3) is 0 Å². The van der Waals surface area contributed by atoms with Crippen LogP contribution in [0.25, 0.3) is 6.08 Å². The second-order valence-corrected chi connectivity index (χ2v) is 7.57. The molecule has 2 aliphatic carbocycles. The van der Waals surface area contributed by atoms with Crippen molar-refractivity contribution in [2.24, 2.45) is 5.41 Å². The molecule has 2 aliphatic rings. The second-order valence-electron chi connectivity index (χ2n) is 6.66. The van der Waals surface area contributed by atoms with Crippen molar-refractivity contribution < 1.29 is 9.90 Å². The Bertz CT molecular complexity index is 669. The number of hydrogen-bond acceptors (Lipinski definition) is 2. The average Bonchev–Trinajstić information content (AvgIpc) is 2.49. The summed E-state index contributed by atoms with van der Waals surface area (Å²) < 4.78 is 1.03. The maximum atomic E-state index is 12.7. The van der Waals surface area contributed by atoms with Crippen LogP contribution in [-0.4, -0.2) is 17.0 Å². The molecular formula is C19H21BrO2. The molecule has 0 bridgehead atoms. The zero-order valence-electron chi connectivity index (χ0n) is 13.0. The third-order valence-electron chi connectivity index (χ3n) is 5.18. The number of hydrogen-bond donors (Lipinski definition) is 1. The van der Waals surface area contributed by atoms with E-state index in [9.17, 15) is 9.90 Å². The molecule has 1 saturated carbocycles. The van der Waals surface area contributed by atoms with Crippen LogP contribution in [0.5, 0.6) is 0 Å². The van der Waals surface area contributed by atoms with E-state index in [1.54, 1.807) is 0 Å². The van der Waals surface area contributed by atoms with Gasteiger partial charge in [-0.05, 0) is 62.0 Å². The Morgan fingerprint density at radius 2 is 2.00 bits per heavy atom. The molecule has 1 fully saturated rings. The highest BCUT2D eigenvalue weighted by Crippen LogP contribution is 2.50. The molecule has 1 aromatic rings. The second kappa shape index (κ2) is 5.78. The molecule has 3 rings (SSSR count). The Morgan fingerprint density at radius 3 is 2.68 bits per heavy atom. The van der Waals surface area contributed by atoms with Gasteiger partial charge in [-0.3, -0.25) is 4.79 Å². The van der Waals surface area contributed by atoms with Crippen LogP contribution in [0.2, 0.25) is 0 Å². The summed E-state index contributed by atoms with van der Waals surface area (Å²) in [6.07, 6.45) is 5.00. The molecule has 0 spiro atoms. The lowest BCUT2D eigenvalue weighted by Crippen LogP contribution is -2.42. The van der Waals surface area contributed by atoms with Crippen molar-refractivity contribution in [3.8, 4) is 0 Å². The first kappa shape index (κ1) is 15.7. The molecule has 2 atom stereocenters. The van der Waals surface area contributed by atoms with Gasteiger partial charge in [-0.25, -0.2) is 0 Å². The Morgan fingerprint density at radius 1 is 1.32 bits per heavy atom. The van der Waals surface area contributed by atoms with E-state index in [1.165, 1.54) is 5.57 Å². The number of carbonyl (C=O) groups is 1. The SMILES string of the molecule is CC1=C2CCC[C@H](O)[C@@]2(C)CC(=Cc2ccc(Br)cc2)C1=O. The number of halogens is 1. The maximum Gasteiger partial charge on any atom is 0.184 e. The normalized spacial score (nSPS) is 30.6. The molecule has 0 heterocycles. The molecule has 3 heteroatoms. The third kappa shape index (κ3) is 2.61. The maximum absolute atomic E-state index is 12.7. The fourth-order valence-electron chi connectivity index (χ4n) is 3.85. The molecule has 0 radical (unpaired) electrons. The number of aliphatic hydroxyl groups is 1. The van der Waals surface area contributed by atoms with Gasteiger partial charge in [-0.1, -0.05) is 40.6 Å². The highest BCUT2D eigenvalue weighted by molar-refractivity contribution is 9.10. The van der Waals surface area contributed by atoms with Crippen molar-refractivity contribution in [2.75, 3.05) is 0 Å². The van der Waals surface area contributed by atoms with Crippen LogP contribution >= 0.6 is 15.9 Å². The first-order chi connectivity index (χ1) is 10.4. The molecule has 0 aliphatic heterocycles. The molecule has 116 valence electrons. The van der Waals surface area contributed by atoms with E-state index in [1.807, 2.05) is 37.3 Å². The standard InChI is InChI=1S/C19H21BrO2/c1-12-16-4-3-5-17(21)19(16,2)11-14(18(12)22)10-13-6-8-15(20)9-7-13/h6-10,17,21H,3-5,11H2,1-2H3/t17-,19-/m0/s1. The first-order valence-electron chi connectivity index (χ1n) is 7.81. The van der Waals surface area contributed by atoms with Gasteiger partial charge in [0.15, 0.2) is 5.78 Å². The van der Waals surface area contributed by atoms with Crippen molar-refractivity contribution in [3.63, 3.8) is 0 Å². The van der Waals surface area contributed by atoms with Crippen LogP contribution in [0.4, 0.5) is 0 Å². The van der Waals surface area contributed by atoms with Gasteiger partial charge in [-0.2, -0.15) is 0 Å². The fourth-order valence-corrected chi connectivity index (χ4v) is 4.11. The quantitative estimate of drug-likeness (QED) is 0.738. The zero-order valence-corrected chi connectivity index (χ0v) is 14.6. The number of aliphatic hydroxyl groups excluding tert-OH is 1. The number of benzene rings is 1. The molecule has 1 aromatic carbocycles. The predicted molar refractivity (Wildman–Crippen MR) is 92.4 cm³/mol. The average molecular weight is 361 g/mol. The molecular weight excluding hydrogens is 340 g/mol. The molecule has 0 saturated heterocycles. The van der Waals surface area contributed by atoms with Gasteiger partial charge in [-0.15, -0.1) is 0 Å². The minimum absolute atomic E-state index is 0.143. The van der Waals surface area contributed by atoms with Crippen LogP contribution in [0.1, 0.15) is 45.1 Å². The van der Waals surface area contributed by atoms with Crippen LogP contribution < -0.4 is 0 Å². The lowest BCUT2D eigenvalue weighted by molar-refractivity contribution is -0.113. The number of carbonyl (C=O) groups excluding carboxylic acids is 1. The summed E-state index contributed by atoms with van der Waals surface area (Å²) >= 11 is 3.43. The largest absolute Gasteiger partial charge is 0.392 e. The van der Waals surface area contributed by atoms with E-state index in [0.29, 0.717) is 6.42 Å². The Labute approximate surface area is 140 Å². The Hall–Kier alpha value is -1.19. The van der Waals surface area contributed by atoms with Crippen molar-refractivity contribution in [2.45, 2.75) is 45.6 Å². The number of allylic oxidation sites excluding steroid dienone is 2. The highest BCUT2D eigenvalue weighted by Gasteiger charge is 2.45. The highest BCUT2D eigenvalue weighted by atomic mass is 79.9. The Balaban J connectivity index is 2.03. The topological polar surface area (TPSA) is 37.3 Å². The van der Waals surface area contributed by atoms with Gasteiger partial charge in [0.1, 0.15) is 0 Å². The van der Waals surface area contributed by atoms with Crippen LogP contribution in [0.3, 0.4) is 0 Å². The van der Waals surface area contributed by atoms with Crippen LogP contribution in [0.15, 0.2) is 45.5 Å². The zero-order chi connectivity index (χ0) is 15.9. The van der Waals surface area contributed by atoms with Gasteiger partial charge in [0, 0.05) is 15.5 Å². The summed E-state index contributed by atoms with van der Waals surface area (Å²) in [6, 6.07) is 7.95. The molecule has 0 amide bonds. The van der Waals surface area contributed by atoms with E-state index >= 15 is 0 Å². The summed E-state index contributed by atoms with van der Waals surface area (Å²) in [4.78, 5) is 12.7. The summed E-state index contributed by atoms with van der Waals surface area (Å²) in [5.41, 5.74) is 3.57. The third-order valence-corrected chi connectivity index (χ3v) is 5.71. The van der Waals surface area contributed by atoms with Crippen molar-refractivity contribution in [1.29, 1.82) is 0 Å². The smallest absolute Gasteiger partial charge is 0.184 e. The Kier molecular flexibility index (Phi) is 4.13. The molecule has 2 nitrogen and oxygen atoms in total. The summed E-state index contributed by atoms with van der Waals surface area (Å²) in [5.74, 6) is 0.143.